The van der Waals surface area contributed by atoms with E-state index in [0.717, 1.165) is 12.1 Å². The second-order valence-corrected chi connectivity index (χ2v) is 4.75. The van der Waals surface area contributed by atoms with Crippen molar-refractivity contribution in [2.24, 2.45) is 0 Å². The van der Waals surface area contributed by atoms with Gasteiger partial charge in [-0.15, -0.1) is 0 Å². The molecule has 0 saturated carbocycles. The van der Waals surface area contributed by atoms with Gasteiger partial charge in [0.2, 0.25) is 0 Å². The number of nitrogens with one attached hydrogen (secondary N) is 1. The molecular weight excluding hydrogens is 336 g/mol. The molecule has 1 aromatic carbocycles. The predicted molar refractivity (Wildman–Crippen MR) is 71.4 cm³/mol. The number of hydrogen-bond donors (Lipinski definition) is 1. The van der Waals surface area contributed by atoms with Crippen molar-refractivity contribution >= 4 is 27.6 Å². The molecule has 0 radical (unpaired) electrons. The van der Waals surface area contributed by atoms with Crippen LogP contribution < -0.4 is 5.32 Å². The number of halogens is 3. The first-order valence-electron chi connectivity index (χ1n) is 5.55. The molecular formula is C13H10BrF2NO3. The van der Waals surface area contributed by atoms with Gasteiger partial charge in [-0.25, -0.2) is 13.6 Å². The van der Waals surface area contributed by atoms with E-state index in [2.05, 4.69) is 26.0 Å². The molecule has 2 rings (SSSR count). The van der Waals surface area contributed by atoms with E-state index < -0.39 is 17.6 Å². The minimum Gasteiger partial charge on any atom is -0.467 e. The van der Waals surface area contributed by atoms with Gasteiger partial charge in [-0.2, -0.15) is 0 Å². The molecule has 4 nitrogen and oxygen atoms in total. The maximum Gasteiger partial charge on any atom is 0.341 e. The van der Waals surface area contributed by atoms with Crippen LogP contribution in [0.25, 0.3) is 0 Å². The van der Waals surface area contributed by atoms with Gasteiger partial charge in [0.1, 0.15) is 23.7 Å². The lowest BCUT2D eigenvalue weighted by molar-refractivity contribution is 0.0600. The number of carbonyl (C=O) groups excluding carboxylic acids is 1. The monoisotopic (exact) mass is 345 g/mol. The molecule has 0 aliphatic carbocycles. The fourth-order valence-corrected chi connectivity index (χ4v) is 2.13. The molecule has 0 unspecified atom stereocenters. The molecule has 1 N–H and O–H groups in total. The number of furan rings is 1. The van der Waals surface area contributed by atoms with E-state index in [4.69, 9.17) is 4.42 Å². The normalized spacial score (nSPS) is 10.4. The molecule has 1 aromatic heterocycles. The summed E-state index contributed by atoms with van der Waals surface area (Å²) in [5.74, 6) is -1.50. The molecule has 7 heteroatoms. The topological polar surface area (TPSA) is 51.5 Å². The molecule has 2 aromatic rings. The molecule has 0 amide bonds. The van der Waals surface area contributed by atoms with Crippen LogP contribution in [0.15, 0.2) is 33.4 Å². The van der Waals surface area contributed by atoms with Crippen molar-refractivity contribution in [1.82, 2.24) is 0 Å². The van der Waals surface area contributed by atoms with Gasteiger partial charge in [-0.1, -0.05) is 0 Å². The number of rotatable bonds is 4. The standard InChI is InChI=1S/C13H10BrF2NO3/c1-19-13(18)7-2-9(20-6-7)5-17-12-10(14)3-8(15)4-11(12)16/h2-4,6,17H,5H2,1H3. The van der Waals surface area contributed by atoms with Crippen molar-refractivity contribution < 1.29 is 22.7 Å². The van der Waals surface area contributed by atoms with E-state index in [1.807, 2.05) is 0 Å². The highest BCUT2D eigenvalue weighted by molar-refractivity contribution is 9.10. The molecule has 106 valence electrons. The van der Waals surface area contributed by atoms with E-state index in [1.165, 1.54) is 19.4 Å². The van der Waals surface area contributed by atoms with Crippen LogP contribution in [-0.2, 0) is 11.3 Å². The largest absolute Gasteiger partial charge is 0.467 e. The number of esters is 1. The molecule has 20 heavy (non-hydrogen) atoms. The first kappa shape index (κ1) is 14.5. The Morgan fingerprint density at radius 2 is 2.15 bits per heavy atom. The Bertz CT molecular complexity index is 619. The van der Waals surface area contributed by atoms with Gasteiger partial charge in [0.15, 0.2) is 0 Å². The van der Waals surface area contributed by atoms with E-state index >= 15 is 0 Å². The van der Waals surface area contributed by atoms with Gasteiger partial charge in [-0.05, 0) is 28.1 Å². The van der Waals surface area contributed by atoms with Crippen molar-refractivity contribution in [2.45, 2.75) is 6.54 Å². The van der Waals surface area contributed by atoms with Gasteiger partial charge >= 0.3 is 5.97 Å². The van der Waals surface area contributed by atoms with Gasteiger partial charge in [0.05, 0.1) is 24.9 Å². The molecule has 0 spiro atoms. The van der Waals surface area contributed by atoms with Gasteiger partial charge in [0, 0.05) is 10.5 Å². The van der Waals surface area contributed by atoms with Crippen LogP contribution in [-0.4, -0.2) is 13.1 Å². The fourth-order valence-electron chi connectivity index (χ4n) is 1.58. The fraction of sp³-hybridized carbons (Fsp3) is 0.154. The number of ether oxygens (including phenoxy) is 1. The Morgan fingerprint density at radius 1 is 1.40 bits per heavy atom. The van der Waals surface area contributed by atoms with Crippen LogP contribution in [0.4, 0.5) is 14.5 Å². The van der Waals surface area contributed by atoms with Crippen molar-refractivity contribution in [3.05, 3.63) is 51.9 Å². The Balaban J connectivity index is 2.09. The molecule has 0 aliphatic heterocycles. The zero-order valence-electron chi connectivity index (χ0n) is 10.4. The quantitative estimate of drug-likeness (QED) is 0.858. The second kappa shape index (κ2) is 6.04. The second-order valence-electron chi connectivity index (χ2n) is 3.89. The summed E-state index contributed by atoms with van der Waals surface area (Å²) in [6.45, 7) is 0.137. The highest BCUT2D eigenvalue weighted by atomic mass is 79.9. The molecule has 0 saturated heterocycles. The summed E-state index contributed by atoms with van der Waals surface area (Å²) in [7, 11) is 1.26. The Hall–Kier alpha value is -1.89. The zero-order valence-corrected chi connectivity index (χ0v) is 12.0. The van der Waals surface area contributed by atoms with Crippen molar-refractivity contribution in [1.29, 1.82) is 0 Å². The number of methoxy groups -OCH3 is 1. The molecule has 0 bridgehead atoms. The number of anilines is 1. The first-order chi connectivity index (χ1) is 9.51. The first-order valence-corrected chi connectivity index (χ1v) is 6.34. The van der Waals surface area contributed by atoms with Gasteiger partial charge in [0.25, 0.3) is 0 Å². The molecule has 1 heterocycles. The summed E-state index contributed by atoms with van der Waals surface area (Å²) < 4.78 is 36.4. The minimum atomic E-state index is -0.725. The van der Waals surface area contributed by atoms with Crippen molar-refractivity contribution in [2.75, 3.05) is 12.4 Å². The van der Waals surface area contributed by atoms with Crippen molar-refractivity contribution in [3.8, 4) is 0 Å². The summed E-state index contributed by atoms with van der Waals surface area (Å²) in [6.07, 6.45) is 1.25. The maximum absolute atomic E-state index is 13.6. The minimum absolute atomic E-state index is 0.113. The van der Waals surface area contributed by atoms with Crippen LogP contribution in [0.3, 0.4) is 0 Å². The number of carbonyl (C=O) groups is 1. The van der Waals surface area contributed by atoms with E-state index in [-0.39, 0.29) is 22.3 Å². The maximum atomic E-state index is 13.6. The lowest BCUT2D eigenvalue weighted by atomic mass is 10.2. The Labute approximate surface area is 121 Å². The average Bonchev–Trinajstić information content (AvgIpc) is 2.85. The van der Waals surface area contributed by atoms with Gasteiger partial charge < -0.3 is 14.5 Å². The van der Waals surface area contributed by atoms with Crippen LogP contribution in [0.5, 0.6) is 0 Å². The van der Waals surface area contributed by atoms with E-state index in [9.17, 15) is 13.6 Å². The van der Waals surface area contributed by atoms with Crippen LogP contribution >= 0.6 is 15.9 Å². The average molecular weight is 346 g/mol. The number of hydrogen-bond acceptors (Lipinski definition) is 4. The molecule has 0 fully saturated rings. The lowest BCUT2D eigenvalue weighted by Gasteiger charge is -2.08. The Kier molecular flexibility index (Phi) is 4.39. The van der Waals surface area contributed by atoms with Gasteiger partial charge in [-0.3, -0.25) is 0 Å². The number of benzene rings is 1. The SMILES string of the molecule is COC(=O)c1coc(CNc2c(F)cc(F)cc2Br)c1. The zero-order chi connectivity index (χ0) is 14.7. The summed E-state index contributed by atoms with van der Waals surface area (Å²) in [5.41, 5.74) is 0.380. The summed E-state index contributed by atoms with van der Waals surface area (Å²) in [5, 5.41) is 2.76. The van der Waals surface area contributed by atoms with Crippen LogP contribution in [0.2, 0.25) is 0 Å². The third-order valence-electron chi connectivity index (χ3n) is 2.52. The Morgan fingerprint density at radius 3 is 2.80 bits per heavy atom. The third-order valence-corrected chi connectivity index (χ3v) is 3.15. The highest BCUT2D eigenvalue weighted by Gasteiger charge is 2.12. The third kappa shape index (κ3) is 3.16. The van der Waals surface area contributed by atoms with E-state index in [1.54, 1.807) is 0 Å². The van der Waals surface area contributed by atoms with Crippen molar-refractivity contribution in [3.63, 3.8) is 0 Å². The summed E-state index contributed by atoms with van der Waals surface area (Å²) in [4.78, 5) is 11.2. The van der Waals surface area contributed by atoms with Crippen LogP contribution in [0, 0.1) is 11.6 Å². The molecule has 0 aliphatic rings. The predicted octanol–water partition coefficient (Wildman–Crippen LogP) is 3.72. The van der Waals surface area contributed by atoms with E-state index in [0.29, 0.717) is 5.76 Å². The summed E-state index contributed by atoms with van der Waals surface area (Å²) in [6, 6.07) is 3.40. The summed E-state index contributed by atoms with van der Waals surface area (Å²) >= 11 is 3.06. The highest BCUT2D eigenvalue weighted by Crippen LogP contribution is 2.27. The van der Waals surface area contributed by atoms with Crippen LogP contribution in [0.1, 0.15) is 16.1 Å². The smallest absolute Gasteiger partial charge is 0.341 e. The molecule has 0 atom stereocenters. The lowest BCUT2D eigenvalue weighted by Crippen LogP contribution is -2.02.